The molecule has 0 spiro atoms. The first-order chi connectivity index (χ1) is 11.1. The first-order valence-corrected chi connectivity index (χ1v) is 8.24. The average molecular weight is 359 g/mol. The quantitative estimate of drug-likeness (QED) is 0.492. The number of hydrogen-bond donors (Lipinski definition) is 2. The molecule has 1 rings (SSSR count). The van der Waals surface area contributed by atoms with Crippen molar-refractivity contribution >= 4 is 27.6 Å². The third-order valence-electron chi connectivity index (χ3n) is 3.16. The molecule has 10 nitrogen and oxygen atoms in total. The van der Waals surface area contributed by atoms with Crippen LogP contribution in [0.15, 0.2) is 29.2 Å². The van der Waals surface area contributed by atoms with Gasteiger partial charge in [0.15, 0.2) is 4.90 Å². The molecule has 2 N–H and O–H groups in total. The van der Waals surface area contributed by atoms with Crippen LogP contribution in [0.25, 0.3) is 0 Å². The maximum atomic E-state index is 12.1. The van der Waals surface area contributed by atoms with Gasteiger partial charge in [-0.3, -0.25) is 19.7 Å². The van der Waals surface area contributed by atoms with E-state index in [4.69, 9.17) is 5.11 Å². The van der Waals surface area contributed by atoms with E-state index >= 15 is 0 Å². The minimum atomic E-state index is -4.26. The van der Waals surface area contributed by atoms with Gasteiger partial charge in [0.2, 0.25) is 15.9 Å². The largest absolute Gasteiger partial charge is 0.481 e. The summed E-state index contributed by atoms with van der Waals surface area (Å²) in [6, 6.07) is 4.74. The molecule has 1 aromatic carbocycles. The van der Waals surface area contributed by atoms with Crippen molar-refractivity contribution in [3.8, 4) is 0 Å². The molecule has 1 amide bonds. The Morgan fingerprint density at radius 1 is 1.38 bits per heavy atom. The molecule has 0 heterocycles. The summed E-state index contributed by atoms with van der Waals surface area (Å²) in [7, 11) is -2.93. The minimum Gasteiger partial charge on any atom is -0.481 e. The number of carbonyl (C=O) groups is 2. The predicted octanol–water partition coefficient (Wildman–Crippen LogP) is 0.0522. The molecular weight excluding hydrogens is 342 g/mol. The second kappa shape index (κ2) is 7.84. The van der Waals surface area contributed by atoms with Gasteiger partial charge in [-0.2, -0.15) is 0 Å². The molecule has 1 atom stereocenters. The second-order valence-corrected chi connectivity index (χ2v) is 6.80. The third-order valence-corrected chi connectivity index (χ3v) is 4.61. The number of nitrogens with one attached hydrogen (secondary N) is 1. The van der Waals surface area contributed by atoms with E-state index in [-0.39, 0.29) is 6.54 Å². The lowest BCUT2D eigenvalue weighted by atomic mass is 10.2. The van der Waals surface area contributed by atoms with Gasteiger partial charge in [-0.25, -0.2) is 13.1 Å². The Morgan fingerprint density at radius 2 is 1.96 bits per heavy atom. The van der Waals surface area contributed by atoms with E-state index in [1.165, 1.54) is 26.1 Å². The molecule has 0 aromatic heterocycles. The first-order valence-electron chi connectivity index (χ1n) is 6.76. The number of aliphatic carboxylic acids is 1. The standard InChI is InChI=1S/C13H17N3O7S/c1-9(13(18)19)8-15(2)12(17)7-14-24(22,23)11-6-4-3-5-10(11)16(20)21/h3-6,9,14H,7-8H2,1-2H3,(H,18,19). The number of nitro groups is 1. The van der Waals surface area contributed by atoms with E-state index < -0.39 is 49.9 Å². The lowest BCUT2D eigenvalue weighted by molar-refractivity contribution is -0.387. The molecule has 0 aliphatic heterocycles. The van der Waals surface area contributed by atoms with Crippen LogP contribution >= 0.6 is 0 Å². The normalized spacial score (nSPS) is 12.4. The van der Waals surface area contributed by atoms with Gasteiger partial charge in [-0.05, 0) is 6.07 Å². The van der Waals surface area contributed by atoms with Gasteiger partial charge in [0, 0.05) is 19.7 Å². The summed E-state index contributed by atoms with van der Waals surface area (Å²) >= 11 is 0. The molecule has 0 aliphatic carbocycles. The van der Waals surface area contributed by atoms with Gasteiger partial charge < -0.3 is 10.0 Å². The van der Waals surface area contributed by atoms with Gasteiger partial charge >= 0.3 is 5.97 Å². The van der Waals surface area contributed by atoms with E-state index in [0.29, 0.717) is 0 Å². The number of nitrogens with zero attached hydrogens (tertiary/aromatic N) is 2. The Bertz CT molecular complexity index is 748. The number of likely N-dealkylation sites (N-methyl/N-ethyl adjacent to an activating group) is 1. The topological polar surface area (TPSA) is 147 Å². The van der Waals surface area contributed by atoms with Crippen LogP contribution in [0.5, 0.6) is 0 Å². The highest BCUT2D eigenvalue weighted by atomic mass is 32.2. The molecule has 132 valence electrons. The summed E-state index contributed by atoms with van der Waals surface area (Å²) in [5, 5.41) is 19.7. The Morgan fingerprint density at radius 3 is 2.50 bits per heavy atom. The molecule has 1 unspecified atom stereocenters. The lowest BCUT2D eigenvalue weighted by Gasteiger charge is -2.19. The first kappa shape index (κ1) is 19.5. The molecule has 0 saturated carbocycles. The average Bonchev–Trinajstić information content (AvgIpc) is 2.52. The van der Waals surface area contributed by atoms with Crippen molar-refractivity contribution in [3.63, 3.8) is 0 Å². The number of amides is 1. The van der Waals surface area contributed by atoms with Gasteiger partial charge in [-0.15, -0.1) is 0 Å². The fourth-order valence-corrected chi connectivity index (χ4v) is 2.94. The minimum absolute atomic E-state index is 0.0959. The highest BCUT2D eigenvalue weighted by Gasteiger charge is 2.26. The molecule has 24 heavy (non-hydrogen) atoms. The van der Waals surface area contributed by atoms with E-state index in [9.17, 15) is 28.1 Å². The smallest absolute Gasteiger partial charge is 0.308 e. The second-order valence-electron chi connectivity index (χ2n) is 5.06. The number of nitro benzene ring substituents is 1. The van der Waals surface area contributed by atoms with Crippen molar-refractivity contribution in [1.29, 1.82) is 0 Å². The molecule has 11 heteroatoms. The molecular formula is C13H17N3O7S. The predicted molar refractivity (Wildman–Crippen MR) is 82.7 cm³/mol. The van der Waals surface area contributed by atoms with Gasteiger partial charge in [0.25, 0.3) is 5.69 Å². The van der Waals surface area contributed by atoms with Crippen molar-refractivity contribution < 1.29 is 28.0 Å². The number of rotatable bonds is 8. The van der Waals surface area contributed by atoms with Crippen molar-refractivity contribution in [1.82, 2.24) is 9.62 Å². The Hall–Kier alpha value is -2.53. The fraction of sp³-hybridized carbons (Fsp3) is 0.385. The van der Waals surface area contributed by atoms with Gasteiger partial charge in [-0.1, -0.05) is 19.1 Å². The molecule has 0 saturated heterocycles. The van der Waals surface area contributed by atoms with Crippen molar-refractivity contribution in [3.05, 3.63) is 34.4 Å². The zero-order valence-electron chi connectivity index (χ0n) is 13.0. The lowest BCUT2D eigenvalue weighted by Crippen LogP contribution is -2.40. The molecule has 1 aromatic rings. The van der Waals surface area contributed by atoms with Crippen molar-refractivity contribution in [2.75, 3.05) is 20.1 Å². The van der Waals surface area contributed by atoms with Crippen LogP contribution in [0.3, 0.4) is 0 Å². The van der Waals surface area contributed by atoms with Crippen LogP contribution in [0.2, 0.25) is 0 Å². The third kappa shape index (κ3) is 4.99. The number of carboxylic acids is 1. The highest BCUT2D eigenvalue weighted by Crippen LogP contribution is 2.22. The molecule has 0 aliphatic rings. The van der Waals surface area contributed by atoms with Gasteiger partial charge in [0.05, 0.1) is 17.4 Å². The number of carbonyl (C=O) groups excluding carboxylic acids is 1. The summed E-state index contributed by atoms with van der Waals surface area (Å²) in [6.45, 7) is 0.669. The number of benzene rings is 1. The molecule has 0 bridgehead atoms. The Kier molecular flexibility index (Phi) is 6.37. The molecule has 0 radical (unpaired) electrons. The van der Waals surface area contributed by atoms with Crippen molar-refractivity contribution in [2.24, 2.45) is 5.92 Å². The van der Waals surface area contributed by atoms with Gasteiger partial charge in [0.1, 0.15) is 0 Å². The highest BCUT2D eigenvalue weighted by molar-refractivity contribution is 7.89. The van der Waals surface area contributed by atoms with Crippen molar-refractivity contribution in [2.45, 2.75) is 11.8 Å². The van der Waals surface area contributed by atoms with E-state index in [0.717, 1.165) is 17.0 Å². The fourth-order valence-electron chi connectivity index (χ4n) is 1.80. The molecule has 0 fully saturated rings. The van der Waals surface area contributed by atoms with Crippen LogP contribution in [0, 0.1) is 16.0 Å². The number of hydrogen-bond acceptors (Lipinski definition) is 6. The monoisotopic (exact) mass is 359 g/mol. The maximum Gasteiger partial charge on any atom is 0.308 e. The zero-order chi connectivity index (χ0) is 18.5. The van der Waals surface area contributed by atoms with Crippen LogP contribution in [0.4, 0.5) is 5.69 Å². The number of para-hydroxylation sites is 1. The summed E-state index contributed by atoms with van der Waals surface area (Å²) in [5.41, 5.74) is -0.606. The van der Waals surface area contributed by atoms with E-state index in [2.05, 4.69) is 0 Å². The van der Waals surface area contributed by atoms with E-state index in [1.807, 2.05) is 4.72 Å². The summed E-state index contributed by atoms with van der Waals surface area (Å²) in [4.78, 5) is 33.2. The number of carboxylic acid groups (broad SMARTS) is 1. The maximum absolute atomic E-state index is 12.1. The number of sulfonamides is 1. The summed E-state index contributed by atoms with van der Waals surface area (Å²) < 4.78 is 26.3. The Labute approximate surface area is 138 Å². The van der Waals surface area contributed by atoms with Crippen LogP contribution in [0.1, 0.15) is 6.92 Å². The van der Waals surface area contributed by atoms with Crippen LogP contribution < -0.4 is 4.72 Å². The zero-order valence-corrected chi connectivity index (χ0v) is 13.8. The van der Waals surface area contributed by atoms with E-state index in [1.54, 1.807) is 0 Å². The summed E-state index contributed by atoms with van der Waals surface area (Å²) in [6.07, 6.45) is 0. The SMILES string of the molecule is CC(CN(C)C(=O)CNS(=O)(=O)c1ccccc1[N+](=O)[O-])C(=O)O. The van der Waals surface area contributed by atoms with Crippen LogP contribution in [-0.4, -0.2) is 55.4 Å². The van der Waals surface area contributed by atoms with Crippen LogP contribution in [-0.2, 0) is 19.6 Å². The Balaban J connectivity index is 2.81. The summed E-state index contributed by atoms with van der Waals surface area (Å²) in [5.74, 6) is -2.56.